The van der Waals surface area contributed by atoms with E-state index in [0.717, 1.165) is 5.56 Å². The van der Waals surface area contributed by atoms with Crippen molar-refractivity contribution in [3.63, 3.8) is 0 Å². The molecular formula is C20H14N2O4. The predicted octanol–water partition coefficient (Wildman–Crippen LogP) is 3.06. The molecule has 1 aliphatic heterocycles. The summed E-state index contributed by atoms with van der Waals surface area (Å²) < 4.78 is 1.79. The van der Waals surface area contributed by atoms with Crippen molar-refractivity contribution in [3.05, 3.63) is 83.6 Å². The summed E-state index contributed by atoms with van der Waals surface area (Å²) in [7, 11) is 1.81. The van der Waals surface area contributed by atoms with Crippen LogP contribution in [-0.4, -0.2) is 27.4 Å². The van der Waals surface area contributed by atoms with Gasteiger partial charge in [-0.2, -0.15) is 0 Å². The minimum atomic E-state index is -0.765. The smallest absolute Gasteiger partial charge is 0.350 e. The second-order valence-electron chi connectivity index (χ2n) is 5.88. The Labute approximate surface area is 149 Å². The van der Waals surface area contributed by atoms with Gasteiger partial charge in [-0.15, -0.1) is 0 Å². The first-order valence-corrected chi connectivity index (χ1v) is 7.99. The van der Waals surface area contributed by atoms with E-state index in [9.17, 15) is 14.4 Å². The average Bonchev–Trinajstić information content (AvgIpc) is 3.16. The number of hydrogen-bond donors (Lipinski definition) is 0. The minimum absolute atomic E-state index is 0.224. The Kier molecular flexibility index (Phi) is 3.65. The van der Waals surface area contributed by atoms with Crippen LogP contribution in [0, 0.1) is 0 Å². The highest BCUT2D eigenvalue weighted by Gasteiger charge is 2.39. The number of carbonyl (C=O) groups excluding carboxylic acids is 3. The third-order valence-corrected chi connectivity index (χ3v) is 4.27. The van der Waals surface area contributed by atoms with E-state index in [-0.39, 0.29) is 16.7 Å². The van der Waals surface area contributed by atoms with E-state index in [0.29, 0.717) is 10.8 Å². The number of amides is 2. The number of carbonyl (C=O) groups is 3. The van der Waals surface area contributed by atoms with Gasteiger partial charge in [0.2, 0.25) is 0 Å². The zero-order valence-electron chi connectivity index (χ0n) is 13.9. The molecule has 0 aliphatic carbocycles. The van der Waals surface area contributed by atoms with Crippen molar-refractivity contribution >= 4 is 17.8 Å². The van der Waals surface area contributed by atoms with Crippen LogP contribution in [0.15, 0.2) is 66.9 Å². The monoisotopic (exact) mass is 346 g/mol. The first-order chi connectivity index (χ1) is 12.6. The van der Waals surface area contributed by atoms with Crippen LogP contribution in [0.3, 0.4) is 0 Å². The van der Waals surface area contributed by atoms with E-state index in [4.69, 9.17) is 4.84 Å². The molecule has 0 unspecified atom stereocenters. The third-order valence-electron chi connectivity index (χ3n) is 4.27. The molecule has 3 aromatic rings. The molecule has 6 heteroatoms. The Morgan fingerprint density at radius 3 is 2.04 bits per heavy atom. The lowest BCUT2D eigenvalue weighted by Crippen LogP contribution is -2.32. The second-order valence-corrected chi connectivity index (χ2v) is 5.88. The Morgan fingerprint density at radius 1 is 0.846 bits per heavy atom. The van der Waals surface area contributed by atoms with Crippen LogP contribution in [0.5, 0.6) is 0 Å². The van der Waals surface area contributed by atoms with Crippen molar-refractivity contribution in [2.45, 2.75) is 0 Å². The largest absolute Gasteiger partial charge is 0.366 e. The summed E-state index contributed by atoms with van der Waals surface area (Å²) in [5, 5.41) is 0.523. The average molecular weight is 346 g/mol. The SMILES string of the molecule is Cn1ccc(C(=O)ON2C(=O)c3ccccc3C2=O)c1-c1ccccc1. The summed E-state index contributed by atoms with van der Waals surface area (Å²) in [5.74, 6) is -2.05. The molecule has 0 fully saturated rings. The Balaban J connectivity index is 1.65. The van der Waals surface area contributed by atoms with Crippen LogP contribution < -0.4 is 0 Å². The fraction of sp³-hybridized carbons (Fsp3) is 0.0500. The van der Waals surface area contributed by atoms with Gasteiger partial charge in [-0.3, -0.25) is 9.59 Å². The molecule has 2 aromatic carbocycles. The van der Waals surface area contributed by atoms with E-state index in [2.05, 4.69) is 0 Å². The van der Waals surface area contributed by atoms with Gasteiger partial charge in [0, 0.05) is 13.2 Å². The number of rotatable bonds is 3. The van der Waals surface area contributed by atoms with Crippen LogP contribution in [0.2, 0.25) is 0 Å². The lowest BCUT2D eigenvalue weighted by atomic mass is 10.1. The van der Waals surface area contributed by atoms with E-state index < -0.39 is 17.8 Å². The molecule has 26 heavy (non-hydrogen) atoms. The molecule has 0 N–H and O–H groups in total. The van der Waals surface area contributed by atoms with Gasteiger partial charge in [0.25, 0.3) is 11.8 Å². The highest BCUT2D eigenvalue weighted by Crippen LogP contribution is 2.27. The summed E-state index contributed by atoms with van der Waals surface area (Å²) in [6.07, 6.45) is 1.72. The van der Waals surface area contributed by atoms with Crippen molar-refractivity contribution in [3.8, 4) is 11.3 Å². The van der Waals surface area contributed by atoms with E-state index in [1.165, 1.54) is 12.1 Å². The summed E-state index contributed by atoms with van der Waals surface area (Å²) in [6.45, 7) is 0. The van der Waals surface area contributed by atoms with Crippen LogP contribution in [0.25, 0.3) is 11.3 Å². The molecule has 1 aromatic heterocycles. The van der Waals surface area contributed by atoms with Gasteiger partial charge < -0.3 is 9.40 Å². The van der Waals surface area contributed by atoms with Crippen LogP contribution in [0.1, 0.15) is 31.1 Å². The number of aromatic nitrogens is 1. The standard InChI is InChI=1S/C20H14N2O4/c1-21-12-11-16(17(21)13-7-3-2-4-8-13)20(25)26-22-18(23)14-9-5-6-10-15(14)19(22)24/h2-12H,1H3. The number of nitrogens with zero attached hydrogens (tertiary/aromatic N) is 2. The topological polar surface area (TPSA) is 68.6 Å². The van der Waals surface area contributed by atoms with Crippen molar-refractivity contribution in [2.24, 2.45) is 7.05 Å². The second kappa shape index (κ2) is 6.00. The molecule has 4 rings (SSSR count). The molecule has 2 amide bonds. The molecule has 1 aliphatic rings. The number of hydroxylamine groups is 2. The van der Waals surface area contributed by atoms with E-state index in [1.54, 1.807) is 36.0 Å². The van der Waals surface area contributed by atoms with Crippen molar-refractivity contribution in [2.75, 3.05) is 0 Å². The number of aryl methyl sites for hydroxylation is 1. The van der Waals surface area contributed by atoms with Gasteiger partial charge in [0.1, 0.15) is 0 Å². The highest BCUT2D eigenvalue weighted by atomic mass is 16.7. The van der Waals surface area contributed by atoms with Crippen LogP contribution in [-0.2, 0) is 11.9 Å². The molecule has 0 saturated heterocycles. The summed E-state index contributed by atoms with van der Waals surface area (Å²) in [6, 6.07) is 17.3. The predicted molar refractivity (Wildman–Crippen MR) is 93.2 cm³/mol. The molecule has 0 spiro atoms. The van der Waals surface area contributed by atoms with E-state index >= 15 is 0 Å². The maximum Gasteiger partial charge on any atom is 0.366 e. The third kappa shape index (κ3) is 2.39. The quantitative estimate of drug-likeness (QED) is 0.684. The van der Waals surface area contributed by atoms with Crippen molar-refractivity contribution in [1.82, 2.24) is 9.63 Å². The zero-order chi connectivity index (χ0) is 18.3. The maximum atomic E-state index is 12.7. The van der Waals surface area contributed by atoms with Gasteiger partial charge >= 0.3 is 5.97 Å². The van der Waals surface area contributed by atoms with Gasteiger partial charge in [-0.25, -0.2) is 4.79 Å². The highest BCUT2D eigenvalue weighted by molar-refractivity contribution is 6.21. The molecule has 128 valence electrons. The van der Waals surface area contributed by atoms with Crippen LogP contribution in [0.4, 0.5) is 0 Å². The van der Waals surface area contributed by atoms with Crippen LogP contribution >= 0.6 is 0 Å². The molecular weight excluding hydrogens is 332 g/mol. The van der Waals surface area contributed by atoms with Gasteiger partial charge in [-0.05, 0) is 23.8 Å². The minimum Gasteiger partial charge on any atom is -0.350 e. The Morgan fingerprint density at radius 2 is 1.42 bits per heavy atom. The molecule has 0 saturated carbocycles. The molecule has 0 radical (unpaired) electrons. The van der Waals surface area contributed by atoms with Crippen molar-refractivity contribution < 1.29 is 19.2 Å². The lowest BCUT2D eigenvalue weighted by molar-refractivity contribution is -0.0584. The molecule has 2 heterocycles. The van der Waals surface area contributed by atoms with Gasteiger partial charge in [-0.1, -0.05) is 47.5 Å². The number of hydrogen-bond acceptors (Lipinski definition) is 4. The summed E-state index contributed by atoms with van der Waals surface area (Å²) in [4.78, 5) is 42.5. The maximum absolute atomic E-state index is 12.7. The Hall–Kier alpha value is -3.67. The van der Waals surface area contributed by atoms with E-state index in [1.807, 2.05) is 30.3 Å². The molecule has 0 atom stereocenters. The normalized spacial score (nSPS) is 13.0. The van der Waals surface area contributed by atoms with Crippen molar-refractivity contribution in [1.29, 1.82) is 0 Å². The fourth-order valence-corrected chi connectivity index (χ4v) is 3.03. The van der Waals surface area contributed by atoms with Gasteiger partial charge in [0.15, 0.2) is 0 Å². The molecule has 0 bridgehead atoms. The first-order valence-electron chi connectivity index (χ1n) is 7.99. The summed E-state index contributed by atoms with van der Waals surface area (Å²) >= 11 is 0. The number of fused-ring (bicyclic) bond motifs is 1. The van der Waals surface area contributed by atoms with Gasteiger partial charge in [0.05, 0.1) is 22.4 Å². The first kappa shape index (κ1) is 15.8. The lowest BCUT2D eigenvalue weighted by Gasteiger charge is -2.13. The molecule has 6 nitrogen and oxygen atoms in total. The number of benzene rings is 2. The zero-order valence-corrected chi connectivity index (χ0v) is 13.9. The summed E-state index contributed by atoms with van der Waals surface area (Å²) in [5.41, 5.74) is 2.19. The number of imide groups is 1. The Bertz CT molecular complexity index is 1000. The fourth-order valence-electron chi connectivity index (χ4n) is 3.03.